The molecular weight excluding hydrogens is 356 g/mol. The third kappa shape index (κ3) is 2.32. The summed E-state index contributed by atoms with van der Waals surface area (Å²) in [4.78, 5) is 16.3. The van der Waals surface area contributed by atoms with Crippen LogP contribution in [-0.4, -0.2) is 42.6 Å². The molecule has 1 aromatic heterocycles. The summed E-state index contributed by atoms with van der Waals surface area (Å²) in [5.41, 5.74) is 0.258. The molecular formula is C19H21ClN2O2S. The predicted molar refractivity (Wildman–Crippen MR) is 101 cm³/mol. The van der Waals surface area contributed by atoms with Crippen molar-refractivity contribution in [1.29, 1.82) is 0 Å². The Bertz CT molecular complexity index is 852. The van der Waals surface area contributed by atoms with Crippen LogP contribution in [-0.2, 0) is 0 Å². The van der Waals surface area contributed by atoms with E-state index in [0.717, 1.165) is 15.0 Å². The molecule has 6 rings (SSSR count). The van der Waals surface area contributed by atoms with Crippen LogP contribution in [0.25, 0.3) is 10.1 Å². The smallest absolute Gasteiger partial charge is 0.261 e. The number of carbonyl (C=O) groups is 1. The molecule has 1 atom stereocenters. The van der Waals surface area contributed by atoms with Crippen molar-refractivity contribution < 1.29 is 9.53 Å². The summed E-state index contributed by atoms with van der Waals surface area (Å²) < 4.78 is 6.36. The van der Waals surface area contributed by atoms with E-state index >= 15 is 0 Å². The highest BCUT2D eigenvalue weighted by Gasteiger charge is 2.60. The molecule has 1 amide bonds. The van der Waals surface area contributed by atoms with E-state index < -0.39 is 0 Å². The van der Waals surface area contributed by atoms with E-state index in [2.05, 4.69) is 10.2 Å². The van der Waals surface area contributed by atoms with E-state index in [-0.39, 0.29) is 11.4 Å². The molecule has 4 heterocycles. The monoisotopic (exact) mass is 376 g/mol. The van der Waals surface area contributed by atoms with Gasteiger partial charge < -0.3 is 10.1 Å². The molecule has 1 aliphatic carbocycles. The third-order valence-corrected chi connectivity index (χ3v) is 7.74. The van der Waals surface area contributed by atoms with Crippen LogP contribution in [0.5, 0.6) is 5.75 Å². The quantitative estimate of drug-likeness (QED) is 0.882. The van der Waals surface area contributed by atoms with Crippen LogP contribution >= 0.6 is 22.9 Å². The summed E-state index contributed by atoms with van der Waals surface area (Å²) in [6, 6.07) is 6.03. The maximum Gasteiger partial charge on any atom is 0.261 e. The van der Waals surface area contributed by atoms with Crippen LogP contribution in [0.4, 0.5) is 0 Å². The SMILES string of the molecule is COc1c(Cl)ccc2cc(C(=O)NC3C4CCN(CC4)C34CC4)sc12. The van der Waals surface area contributed by atoms with Crippen LogP contribution < -0.4 is 10.1 Å². The summed E-state index contributed by atoms with van der Waals surface area (Å²) in [5.74, 6) is 1.34. The van der Waals surface area contributed by atoms with Crippen molar-refractivity contribution in [2.75, 3.05) is 20.2 Å². The number of carbonyl (C=O) groups excluding carboxylic acids is 1. The molecule has 0 radical (unpaired) electrons. The zero-order valence-electron chi connectivity index (χ0n) is 14.2. The number of ether oxygens (including phenoxy) is 1. The lowest BCUT2D eigenvalue weighted by molar-refractivity contribution is -0.00138. The second-order valence-corrected chi connectivity index (χ2v) is 8.95. The Labute approximate surface area is 156 Å². The van der Waals surface area contributed by atoms with Gasteiger partial charge in [0.2, 0.25) is 0 Å². The van der Waals surface area contributed by atoms with Gasteiger partial charge in [0.25, 0.3) is 5.91 Å². The van der Waals surface area contributed by atoms with Crippen LogP contribution in [0.1, 0.15) is 35.4 Å². The fraction of sp³-hybridized carbons (Fsp3) is 0.526. The molecule has 4 nitrogen and oxygen atoms in total. The van der Waals surface area contributed by atoms with E-state index in [4.69, 9.17) is 16.3 Å². The highest BCUT2D eigenvalue weighted by molar-refractivity contribution is 7.21. The molecule has 2 bridgehead atoms. The van der Waals surface area contributed by atoms with E-state index in [9.17, 15) is 4.79 Å². The zero-order chi connectivity index (χ0) is 17.2. The number of rotatable bonds is 3. The van der Waals surface area contributed by atoms with Gasteiger partial charge in [-0.1, -0.05) is 17.7 Å². The molecule has 3 aliphatic heterocycles. The van der Waals surface area contributed by atoms with Gasteiger partial charge in [0.05, 0.1) is 27.8 Å². The number of hydrogen-bond acceptors (Lipinski definition) is 4. The number of halogens is 1. The Balaban J connectivity index is 1.44. The lowest BCUT2D eigenvalue weighted by Crippen LogP contribution is -2.65. The topological polar surface area (TPSA) is 41.6 Å². The van der Waals surface area contributed by atoms with E-state index in [0.29, 0.717) is 22.7 Å². The Morgan fingerprint density at radius 2 is 2.12 bits per heavy atom. The molecule has 4 fully saturated rings. The lowest BCUT2D eigenvalue weighted by atomic mass is 9.77. The zero-order valence-corrected chi connectivity index (χ0v) is 15.8. The number of piperidine rings is 3. The van der Waals surface area contributed by atoms with Crippen molar-refractivity contribution in [1.82, 2.24) is 10.2 Å². The first-order valence-electron chi connectivity index (χ1n) is 8.94. The Kier molecular flexibility index (Phi) is 3.56. The van der Waals surface area contributed by atoms with E-state index in [1.54, 1.807) is 7.11 Å². The van der Waals surface area contributed by atoms with Crippen molar-refractivity contribution in [3.63, 3.8) is 0 Å². The number of fused-ring (bicyclic) bond motifs is 3. The van der Waals surface area contributed by atoms with Gasteiger partial charge in [0, 0.05) is 5.54 Å². The number of nitrogens with zero attached hydrogens (tertiary/aromatic N) is 1. The average Bonchev–Trinajstić information content (AvgIpc) is 3.28. The van der Waals surface area contributed by atoms with Crippen molar-refractivity contribution in [2.45, 2.75) is 37.3 Å². The molecule has 4 aliphatic rings. The van der Waals surface area contributed by atoms with Gasteiger partial charge in [-0.25, -0.2) is 0 Å². The lowest BCUT2D eigenvalue weighted by Gasteiger charge is -2.52. The van der Waals surface area contributed by atoms with Crippen LogP contribution in [0, 0.1) is 5.92 Å². The van der Waals surface area contributed by atoms with Crippen molar-refractivity contribution in [2.24, 2.45) is 5.92 Å². The normalized spacial score (nSPS) is 29.1. The fourth-order valence-corrected chi connectivity index (χ4v) is 6.27. The maximum atomic E-state index is 13.0. The molecule has 6 heteroatoms. The molecule has 132 valence electrons. The molecule has 3 saturated heterocycles. The van der Waals surface area contributed by atoms with Crippen LogP contribution in [0.15, 0.2) is 18.2 Å². The van der Waals surface area contributed by atoms with Gasteiger partial charge in [-0.2, -0.15) is 0 Å². The molecule has 1 N–H and O–H groups in total. The second-order valence-electron chi connectivity index (χ2n) is 7.49. The number of nitrogens with one attached hydrogen (secondary N) is 1. The fourth-order valence-electron chi connectivity index (χ4n) is 4.89. The first kappa shape index (κ1) is 15.9. The minimum atomic E-state index is 0.0457. The highest BCUT2D eigenvalue weighted by Crippen LogP contribution is 2.53. The minimum absolute atomic E-state index is 0.0457. The van der Waals surface area contributed by atoms with Gasteiger partial charge in [-0.3, -0.25) is 9.69 Å². The maximum absolute atomic E-state index is 13.0. The summed E-state index contributed by atoms with van der Waals surface area (Å²) in [5, 5.41) is 4.98. The van der Waals surface area contributed by atoms with Gasteiger partial charge in [0.1, 0.15) is 0 Å². The highest BCUT2D eigenvalue weighted by atomic mass is 35.5. The number of benzene rings is 1. The standard InChI is InChI=1S/C19H21ClN2O2S/c1-24-15-13(20)3-2-12-10-14(25-16(12)15)18(23)21-17-11-4-8-22(9-5-11)19(17)6-7-19/h2-3,10-11,17H,4-9H2,1H3,(H,21,23). The largest absolute Gasteiger partial charge is 0.494 e. The van der Waals surface area contributed by atoms with Gasteiger partial charge in [-0.15, -0.1) is 11.3 Å². The second kappa shape index (κ2) is 5.60. The Morgan fingerprint density at radius 3 is 2.80 bits per heavy atom. The number of hydrogen-bond donors (Lipinski definition) is 1. The molecule has 25 heavy (non-hydrogen) atoms. The average molecular weight is 377 g/mol. The van der Waals surface area contributed by atoms with Gasteiger partial charge in [-0.05, 0) is 62.2 Å². The number of thiophene rings is 1. The number of methoxy groups -OCH3 is 1. The van der Waals surface area contributed by atoms with Crippen molar-refractivity contribution in [3.8, 4) is 5.75 Å². The third-order valence-electron chi connectivity index (χ3n) is 6.29. The summed E-state index contributed by atoms with van der Waals surface area (Å²) in [7, 11) is 1.62. The van der Waals surface area contributed by atoms with Gasteiger partial charge >= 0.3 is 0 Å². The van der Waals surface area contributed by atoms with Crippen LogP contribution in [0.3, 0.4) is 0 Å². The predicted octanol–water partition coefficient (Wildman–Crippen LogP) is 3.92. The summed E-state index contributed by atoms with van der Waals surface area (Å²) in [6.07, 6.45) is 4.87. The summed E-state index contributed by atoms with van der Waals surface area (Å²) in [6.45, 7) is 2.41. The van der Waals surface area contributed by atoms with Crippen molar-refractivity contribution in [3.05, 3.63) is 28.1 Å². The Morgan fingerprint density at radius 1 is 1.36 bits per heavy atom. The molecule has 2 aromatic rings. The molecule has 1 aromatic carbocycles. The van der Waals surface area contributed by atoms with Gasteiger partial charge in [0.15, 0.2) is 5.75 Å². The first-order chi connectivity index (χ1) is 12.1. The van der Waals surface area contributed by atoms with Crippen molar-refractivity contribution >= 4 is 38.9 Å². The molecule has 1 saturated carbocycles. The molecule has 1 unspecified atom stereocenters. The number of amides is 1. The minimum Gasteiger partial charge on any atom is -0.494 e. The molecule has 1 spiro atoms. The van der Waals surface area contributed by atoms with E-state index in [1.165, 1.54) is 50.1 Å². The Hall–Kier alpha value is -1.30. The van der Waals surface area contributed by atoms with Crippen LogP contribution in [0.2, 0.25) is 5.02 Å². The summed E-state index contributed by atoms with van der Waals surface area (Å²) >= 11 is 7.68. The first-order valence-corrected chi connectivity index (χ1v) is 10.1. The van der Waals surface area contributed by atoms with E-state index in [1.807, 2.05) is 18.2 Å².